The van der Waals surface area contributed by atoms with Crippen LogP contribution < -0.4 is 10.0 Å². The van der Waals surface area contributed by atoms with Gasteiger partial charge in [-0.05, 0) is 20.1 Å². The zero-order chi connectivity index (χ0) is 11.7. The summed E-state index contributed by atoms with van der Waals surface area (Å²) in [6.45, 7) is 7.47. The number of hydrogen-bond acceptors (Lipinski definition) is 4. The van der Waals surface area contributed by atoms with Gasteiger partial charge in [-0.2, -0.15) is 0 Å². The van der Waals surface area contributed by atoms with E-state index in [2.05, 4.69) is 14.9 Å². The van der Waals surface area contributed by atoms with Crippen molar-refractivity contribution in [2.75, 3.05) is 45.5 Å². The molecule has 5 nitrogen and oxygen atoms in total. The zero-order valence-corrected chi connectivity index (χ0v) is 10.7. The number of rotatable bonds is 9. The highest BCUT2D eigenvalue weighted by molar-refractivity contribution is 7.89. The van der Waals surface area contributed by atoms with E-state index in [4.69, 9.17) is 0 Å². The summed E-state index contributed by atoms with van der Waals surface area (Å²) in [6.07, 6.45) is 0. The standard InChI is InChI=1S/C9H23N3O2S/c1-4-10-7-9-15(13,14)11-6-8-12(3)5-2/h10-11H,4-9H2,1-3H3. The minimum Gasteiger partial charge on any atom is -0.316 e. The number of nitrogens with one attached hydrogen (secondary N) is 2. The van der Waals surface area contributed by atoms with E-state index in [9.17, 15) is 8.42 Å². The zero-order valence-electron chi connectivity index (χ0n) is 9.91. The number of nitrogens with zero attached hydrogens (tertiary/aromatic N) is 1. The van der Waals surface area contributed by atoms with Gasteiger partial charge in [0.25, 0.3) is 0 Å². The van der Waals surface area contributed by atoms with Gasteiger partial charge < -0.3 is 10.2 Å². The van der Waals surface area contributed by atoms with Crippen LogP contribution >= 0.6 is 0 Å². The van der Waals surface area contributed by atoms with Gasteiger partial charge in [-0.25, -0.2) is 13.1 Å². The lowest BCUT2D eigenvalue weighted by Crippen LogP contribution is -2.36. The molecule has 0 rings (SSSR count). The topological polar surface area (TPSA) is 61.4 Å². The van der Waals surface area contributed by atoms with Gasteiger partial charge in [0.1, 0.15) is 0 Å². The lowest BCUT2D eigenvalue weighted by Gasteiger charge is -2.14. The van der Waals surface area contributed by atoms with Crippen LogP contribution in [0.1, 0.15) is 13.8 Å². The molecule has 0 atom stereocenters. The summed E-state index contributed by atoms with van der Waals surface area (Å²) in [5, 5.41) is 2.99. The highest BCUT2D eigenvalue weighted by Gasteiger charge is 2.08. The SMILES string of the molecule is CCNCCS(=O)(=O)NCCN(C)CC. The molecule has 0 aromatic carbocycles. The lowest BCUT2D eigenvalue weighted by atomic mass is 10.5. The fourth-order valence-electron chi connectivity index (χ4n) is 1.01. The molecule has 92 valence electrons. The Bertz CT molecular complexity index is 242. The van der Waals surface area contributed by atoms with E-state index in [1.165, 1.54) is 0 Å². The molecule has 15 heavy (non-hydrogen) atoms. The van der Waals surface area contributed by atoms with Crippen molar-refractivity contribution in [2.24, 2.45) is 0 Å². The molecule has 2 N–H and O–H groups in total. The largest absolute Gasteiger partial charge is 0.316 e. The maximum Gasteiger partial charge on any atom is 0.212 e. The molecule has 6 heteroatoms. The smallest absolute Gasteiger partial charge is 0.212 e. The molecule has 0 aromatic rings. The second kappa shape index (κ2) is 8.04. The Balaban J connectivity index is 3.65. The van der Waals surface area contributed by atoms with Crippen molar-refractivity contribution in [3.05, 3.63) is 0 Å². The van der Waals surface area contributed by atoms with E-state index in [0.29, 0.717) is 13.1 Å². The fraction of sp³-hybridized carbons (Fsp3) is 1.00. The third-order valence-corrected chi connectivity index (χ3v) is 3.54. The minimum absolute atomic E-state index is 0.149. The fourth-order valence-corrected chi connectivity index (χ4v) is 1.97. The molecule has 0 radical (unpaired) electrons. The Kier molecular flexibility index (Phi) is 7.95. The predicted molar refractivity (Wildman–Crippen MR) is 63.5 cm³/mol. The third-order valence-electron chi connectivity index (χ3n) is 2.15. The van der Waals surface area contributed by atoms with Crippen LogP contribution in [0.15, 0.2) is 0 Å². The molecular formula is C9H23N3O2S. The molecule has 0 aromatic heterocycles. The molecule has 0 unspecified atom stereocenters. The van der Waals surface area contributed by atoms with Crippen molar-refractivity contribution in [3.8, 4) is 0 Å². The number of likely N-dealkylation sites (N-methyl/N-ethyl adjacent to an activating group) is 1. The first-order valence-corrected chi connectivity index (χ1v) is 7.03. The van der Waals surface area contributed by atoms with E-state index < -0.39 is 10.0 Å². The van der Waals surface area contributed by atoms with Crippen molar-refractivity contribution in [1.82, 2.24) is 14.9 Å². The van der Waals surface area contributed by atoms with Gasteiger partial charge in [0.15, 0.2) is 0 Å². The van der Waals surface area contributed by atoms with Gasteiger partial charge in [0.2, 0.25) is 10.0 Å². The maximum absolute atomic E-state index is 11.4. The van der Waals surface area contributed by atoms with E-state index in [0.717, 1.165) is 19.6 Å². The maximum atomic E-state index is 11.4. The van der Waals surface area contributed by atoms with Crippen LogP contribution in [0.25, 0.3) is 0 Å². The summed E-state index contributed by atoms with van der Waals surface area (Å²) in [7, 11) is -1.13. The average molecular weight is 237 g/mol. The van der Waals surface area contributed by atoms with E-state index in [1.54, 1.807) is 0 Å². The summed E-state index contributed by atoms with van der Waals surface area (Å²) >= 11 is 0. The third kappa shape index (κ3) is 8.80. The van der Waals surface area contributed by atoms with Gasteiger partial charge in [0.05, 0.1) is 5.75 Å². The van der Waals surface area contributed by atoms with E-state index >= 15 is 0 Å². The first-order chi connectivity index (χ1) is 7.02. The van der Waals surface area contributed by atoms with Crippen molar-refractivity contribution in [3.63, 3.8) is 0 Å². The Morgan fingerprint density at radius 1 is 1.20 bits per heavy atom. The minimum atomic E-state index is -3.10. The first-order valence-electron chi connectivity index (χ1n) is 5.38. The van der Waals surface area contributed by atoms with Crippen LogP contribution in [0.3, 0.4) is 0 Å². The van der Waals surface area contributed by atoms with Crippen molar-refractivity contribution < 1.29 is 8.42 Å². The molecule has 0 amide bonds. The molecule has 0 saturated carbocycles. The molecule has 0 bridgehead atoms. The summed E-state index contributed by atoms with van der Waals surface area (Å²) in [5.74, 6) is 0.149. The molecule has 0 saturated heterocycles. The predicted octanol–water partition coefficient (Wildman–Crippen LogP) is -0.533. The van der Waals surface area contributed by atoms with Gasteiger partial charge in [0, 0.05) is 19.6 Å². The van der Waals surface area contributed by atoms with Crippen molar-refractivity contribution in [2.45, 2.75) is 13.8 Å². The molecule has 0 aliphatic rings. The quantitative estimate of drug-likeness (QED) is 0.529. The van der Waals surface area contributed by atoms with Gasteiger partial charge in [-0.15, -0.1) is 0 Å². The number of sulfonamides is 1. The van der Waals surface area contributed by atoms with Crippen LogP contribution in [-0.4, -0.2) is 58.8 Å². The lowest BCUT2D eigenvalue weighted by molar-refractivity contribution is 0.358. The average Bonchev–Trinajstić information content (AvgIpc) is 2.17. The van der Waals surface area contributed by atoms with Crippen LogP contribution in [-0.2, 0) is 10.0 Å². The van der Waals surface area contributed by atoms with E-state index in [-0.39, 0.29) is 5.75 Å². The first kappa shape index (κ1) is 14.8. The number of hydrogen-bond donors (Lipinski definition) is 2. The molecule has 0 heterocycles. The monoisotopic (exact) mass is 237 g/mol. The highest BCUT2D eigenvalue weighted by Crippen LogP contribution is 1.84. The summed E-state index contributed by atoms with van der Waals surface area (Å²) < 4.78 is 25.4. The van der Waals surface area contributed by atoms with Crippen LogP contribution in [0, 0.1) is 0 Å². The van der Waals surface area contributed by atoms with E-state index in [1.807, 2.05) is 20.9 Å². The molecular weight excluding hydrogens is 214 g/mol. The summed E-state index contributed by atoms with van der Waals surface area (Å²) in [6, 6.07) is 0. The van der Waals surface area contributed by atoms with Gasteiger partial charge in [-0.3, -0.25) is 0 Å². The Labute approximate surface area is 93.3 Å². The molecule has 0 aliphatic heterocycles. The second-order valence-electron chi connectivity index (χ2n) is 3.46. The summed E-state index contributed by atoms with van der Waals surface area (Å²) in [4.78, 5) is 2.06. The van der Waals surface area contributed by atoms with Crippen molar-refractivity contribution in [1.29, 1.82) is 0 Å². The Morgan fingerprint density at radius 3 is 2.40 bits per heavy atom. The molecule has 0 aliphatic carbocycles. The highest BCUT2D eigenvalue weighted by atomic mass is 32.2. The Morgan fingerprint density at radius 2 is 1.87 bits per heavy atom. The van der Waals surface area contributed by atoms with Gasteiger partial charge >= 0.3 is 0 Å². The Hall–Kier alpha value is -0.170. The summed E-state index contributed by atoms with van der Waals surface area (Å²) in [5.41, 5.74) is 0. The van der Waals surface area contributed by atoms with Crippen LogP contribution in [0.5, 0.6) is 0 Å². The van der Waals surface area contributed by atoms with Gasteiger partial charge in [-0.1, -0.05) is 13.8 Å². The van der Waals surface area contributed by atoms with Crippen molar-refractivity contribution >= 4 is 10.0 Å². The molecule has 0 spiro atoms. The van der Waals surface area contributed by atoms with Crippen LogP contribution in [0.4, 0.5) is 0 Å². The normalized spacial score (nSPS) is 12.3. The molecule has 0 fully saturated rings. The van der Waals surface area contributed by atoms with Crippen LogP contribution in [0.2, 0.25) is 0 Å². The second-order valence-corrected chi connectivity index (χ2v) is 5.39.